The Bertz CT molecular complexity index is 388. The molecule has 0 atom stereocenters. The molecule has 100 valence electrons. The number of benzene rings is 1. The number of nitrogens with one attached hydrogen (secondary N) is 1. The van der Waals surface area contributed by atoms with Crippen molar-refractivity contribution < 1.29 is 5.11 Å². The third-order valence-electron chi connectivity index (χ3n) is 2.74. The summed E-state index contributed by atoms with van der Waals surface area (Å²) in [7, 11) is 0. The number of phenolic OH excluding ortho intramolecular Hbond substituents is 1. The zero-order valence-electron chi connectivity index (χ0n) is 10.8. The number of aryl methyl sites for hydroxylation is 1. The third kappa shape index (κ3) is 6.36. The van der Waals surface area contributed by atoms with Gasteiger partial charge in [-0.1, -0.05) is 12.8 Å². The van der Waals surface area contributed by atoms with Gasteiger partial charge in [-0.25, -0.2) is 0 Å². The van der Waals surface area contributed by atoms with Gasteiger partial charge in [0.15, 0.2) is 0 Å². The van der Waals surface area contributed by atoms with Crippen molar-refractivity contribution in [1.29, 1.82) is 5.26 Å². The van der Waals surface area contributed by atoms with E-state index in [1.807, 2.05) is 19.1 Å². The van der Waals surface area contributed by atoms with Crippen LogP contribution in [0.15, 0.2) is 18.2 Å². The van der Waals surface area contributed by atoms with E-state index in [0.717, 1.165) is 43.5 Å². The second-order valence-electron chi connectivity index (χ2n) is 4.25. The first-order valence-corrected chi connectivity index (χ1v) is 6.14. The van der Waals surface area contributed by atoms with E-state index in [1.54, 1.807) is 6.07 Å². The summed E-state index contributed by atoms with van der Waals surface area (Å²) >= 11 is 0. The maximum atomic E-state index is 9.38. The number of rotatable bonds is 7. The van der Waals surface area contributed by atoms with Crippen molar-refractivity contribution in [2.75, 3.05) is 11.9 Å². The minimum Gasteiger partial charge on any atom is -0.508 e. The molecule has 0 heterocycles. The van der Waals surface area contributed by atoms with Gasteiger partial charge in [-0.05, 0) is 43.5 Å². The molecule has 0 aliphatic rings. The zero-order chi connectivity index (χ0) is 12.5. The van der Waals surface area contributed by atoms with Gasteiger partial charge in [-0.3, -0.25) is 0 Å². The Balaban J connectivity index is 0.00000289. The van der Waals surface area contributed by atoms with Crippen molar-refractivity contribution in [2.24, 2.45) is 0 Å². The van der Waals surface area contributed by atoms with Crippen LogP contribution in [-0.2, 0) is 0 Å². The highest BCUT2D eigenvalue weighted by molar-refractivity contribution is 5.85. The van der Waals surface area contributed by atoms with Crippen molar-refractivity contribution >= 4 is 18.1 Å². The maximum Gasteiger partial charge on any atom is 0.118 e. The van der Waals surface area contributed by atoms with Crippen molar-refractivity contribution in [3.05, 3.63) is 23.8 Å². The normalized spacial score (nSPS) is 9.33. The summed E-state index contributed by atoms with van der Waals surface area (Å²) in [6.07, 6.45) is 5.08. The maximum absolute atomic E-state index is 9.38. The number of hydrogen-bond donors (Lipinski definition) is 2. The molecule has 0 aliphatic heterocycles. The molecule has 1 rings (SSSR count). The van der Waals surface area contributed by atoms with Crippen LogP contribution in [0.4, 0.5) is 5.69 Å². The van der Waals surface area contributed by atoms with Gasteiger partial charge in [0.25, 0.3) is 0 Å². The molecule has 1 aromatic carbocycles. The topological polar surface area (TPSA) is 56.0 Å². The molecule has 4 heteroatoms. The van der Waals surface area contributed by atoms with E-state index in [9.17, 15) is 5.11 Å². The Hall–Kier alpha value is -1.40. The second kappa shape index (κ2) is 9.61. The van der Waals surface area contributed by atoms with E-state index in [2.05, 4.69) is 11.4 Å². The van der Waals surface area contributed by atoms with Gasteiger partial charge in [-0.2, -0.15) is 5.26 Å². The molecule has 0 radical (unpaired) electrons. The summed E-state index contributed by atoms with van der Waals surface area (Å²) in [5.74, 6) is 0.340. The first-order valence-electron chi connectivity index (χ1n) is 6.14. The number of nitrogens with zero attached hydrogens (tertiary/aromatic N) is 1. The zero-order valence-corrected chi connectivity index (χ0v) is 11.6. The summed E-state index contributed by atoms with van der Waals surface area (Å²) in [6, 6.07) is 7.71. The molecule has 0 unspecified atom stereocenters. The first-order chi connectivity index (χ1) is 8.24. The van der Waals surface area contributed by atoms with Crippen LogP contribution in [0.25, 0.3) is 0 Å². The van der Waals surface area contributed by atoms with E-state index >= 15 is 0 Å². The minimum absolute atomic E-state index is 0. The molecule has 1 aromatic rings. The lowest BCUT2D eigenvalue weighted by Crippen LogP contribution is -2.01. The van der Waals surface area contributed by atoms with Crippen LogP contribution in [0.1, 0.15) is 37.7 Å². The van der Waals surface area contributed by atoms with E-state index in [0.29, 0.717) is 12.2 Å². The average molecular weight is 269 g/mol. The largest absolute Gasteiger partial charge is 0.508 e. The van der Waals surface area contributed by atoms with Gasteiger partial charge >= 0.3 is 0 Å². The highest BCUT2D eigenvalue weighted by Crippen LogP contribution is 2.20. The summed E-state index contributed by atoms with van der Waals surface area (Å²) < 4.78 is 0. The van der Waals surface area contributed by atoms with Gasteiger partial charge in [0.05, 0.1) is 6.07 Å². The molecule has 0 fully saturated rings. The lowest BCUT2D eigenvalue weighted by atomic mass is 10.1. The Morgan fingerprint density at radius 1 is 1.22 bits per heavy atom. The lowest BCUT2D eigenvalue weighted by Gasteiger charge is -2.07. The van der Waals surface area contributed by atoms with Crippen molar-refractivity contribution in [1.82, 2.24) is 0 Å². The number of halogens is 1. The molecular weight excluding hydrogens is 248 g/mol. The number of anilines is 1. The van der Waals surface area contributed by atoms with E-state index in [-0.39, 0.29) is 12.4 Å². The highest BCUT2D eigenvalue weighted by Gasteiger charge is 1.97. The van der Waals surface area contributed by atoms with Crippen LogP contribution in [-0.4, -0.2) is 11.7 Å². The van der Waals surface area contributed by atoms with Gasteiger partial charge in [-0.15, -0.1) is 12.4 Å². The fourth-order valence-electron chi connectivity index (χ4n) is 1.68. The molecule has 0 saturated heterocycles. The summed E-state index contributed by atoms with van der Waals surface area (Å²) in [6.45, 7) is 2.83. The SMILES string of the molecule is Cc1cc(NCCCCCCC#N)ccc1O.Cl. The van der Waals surface area contributed by atoms with Gasteiger partial charge in [0, 0.05) is 18.7 Å². The lowest BCUT2D eigenvalue weighted by molar-refractivity contribution is 0.471. The van der Waals surface area contributed by atoms with Crippen molar-refractivity contribution in [3.63, 3.8) is 0 Å². The third-order valence-corrected chi connectivity index (χ3v) is 2.74. The number of hydrogen-bond acceptors (Lipinski definition) is 3. The summed E-state index contributed by atoms with van der Waals surface area (Å²) in [5, 5.41) is 21.1. The molecular formula is C14H21ClN2O. The Morgan fingerprint density at radius 2 is 1.94 bits per heavy atom. The molecule has 0 spiro atoms. The number of nitriles is 1. The van der Waals surface area contributed by atoms with Gasteiger partial charge < -0.3 is 10.4 Å². The van der Waals surface area contributed by atoms with Crippen molar-refractivity contribution in [2.45, 2.75) is 39.0 Å². The van der Waals surface area contributed by atoms with Gasteiger partial charge in [0.1, 0.15) is 5.75 Å². The Labute approximate surface area is 115 Å². The second-order valence-corrected chi connectivity index (χ2v) is 4.25. The Kier molecular flexibility index (Phi) is 8.86. The van der Waals surface area contributed by atoms with E-state index < -0.39 is 0 Å². The van der Waals surface area contributed by atoms with Crippen LogP contribution < -0.4 is 5.32 Å². The molecule has 3 nitrogen and oxygen atoms in total. The van der Waals surface area contributed by atoms with Crippen LogP contribution in [0.2, 0.25) is 0 Å². The van der Waals surface area contributed by atoms with Gasteiger partial charge in [0.2, 0.25) is 0 Å². The highest BCUT2D eigenvalue weighted by atomic mass is 35.5. The number of phenols is 1. The van der Waals surface area contributed by atoms with Crippen LogP contribution in [0.5, 0.6) is 5.75 Å². The smallest absolute Gasteiger partial charge is 0.118 e. The fourth-order valence-corrected chi connectivity index (χ4v) is 1.68. The molecule has 18 heavy (non-hydrogen) atoms. The molecule has 0 amide bonds. The minimum atomic E-state index is 0. The number of aromatic hydroxyl groups is 1. The molecule has 0 saturated carbocycles. The summed E-state index contributed by atoms with van der Waals surface area (Å²) in [4.78, 5) is 0. The van der Waals surface area contributed by atoms with Crippen LogP contribution in [0, 0.1) is 18.3 Å². The summed E-state index contributed by atoms with van der Waals surface area (Å²) in [5.41, 5.74) is 1.95. The molecule has 0 aromatic heterocycles. The molecule has 2 N–H and O–H groups in total. The first kappa shape index (κ1) is 16.6. The van der Waals surface area contributed by atoms with E-state index in [4.69, 9.17) is 5.26 Å². The quantitative estimate of drug-likeness (QED) is 0.580. The Morgan fingerprint density at radius 3 is 2.61 bits per heavy atom. The molecule has 0 bridgehead atoms. The van der Waals surface area contributed by atoms with Crippen LogP contribution in [0.3, 0.4) is 0 Å². The van der Waals surface area contributed by atoms with E-state index in [1.165, 1.54) is 0 Å². The predicted octanol–water partition coefficient (Wildman–Crippen LogP) is 4.01. The average Bonchev–Trinajstić information content (AvgIpc) is 2.32. The predicted molar refractivity (Wildman–Crippen MR) is 77.3 cm³/mol. The van der Waals surface area contributed by atoms with Crippen molar-refractivity contribution in [3.8, 4) is 11.8 Å². The fraction of sp³-hybridized carbons (Fsp3) is 0.500. The van der Waals surface area contributed by atoms with Crippen LogP contribution >= 0.6 is 12.4 Å². The standard InChI is InChI=1S/C14H20N2O.ClH/c1-12-11-13(7-8-14(12)17)16-10-6-4-2-3-5-9-15;/h7-8,11,16-17H,2-6,10H2,1H3;1H. The molecule has 0 aliphatic carbocycles. The number of unbranched alkanes of at least 4 members (excludes halogenated alkanes) is 4. The monoisotopic (exact) mass is 268 g/mol.